The van der Waals surface area contributed by atoms with Crippen molar-refractivity contribution in [3.8, 4) is 0 Å². The average molecular weight is 501 g/mol. The standard InChI is InChI=1S/C25H32N4O7/c30-20-10-9-19(23(33)27-20)29-24(34)17-7-4-8-18(22(17)25(29)35)26-11-2-1-3-12-28-13-5-6-16(14-28)36-15-21(31)32/h4,7-8,16,19,26H,1-3,5-6,9-15H2,(H,31,32)(H,27,30,33). The second-order valence-electron chi connectivity index (χ2n) is 9.43. The van der Waals surface area contributed by atoms with Gasteiger partial charge in [-0.1, -0.05) is 12.5 Å². The van der Waals surface area contributed by atoms with Gasteiger partial charge < -0.3 is 20.1 Å². The number of benzene rings is 1. The Morgan fingerprint density at radius 2 is 1.94 bits per heavy atom. The third-order valence-corrected chi connectivity index (χ3v) is 6.84. The maximum Gasteiger partial charge on any atom is 0.329 e. The van der Waals surface area contributed by atoms with Crippen molar-refractivity contribution < 1.29 is 33.8 Å². The van der Waals surface area contributed by atoms with E-state index in [0.717, 1.165) is 56.6 Å². The van der Waals surface area contributed by atoms with Crippen LogP contribution in [0.5, 0.6) is 0 Å². The summed E-state index contributed by atoms with van der Waals surface area (Å²) in [6.07, 6.45) is 4.89. The number of likely N-dealkylation sites (tertiary alicyclic amines) is 1. The molecule has 4 rings (SSSR count). The van der Waals surface area contributed by atoms with Crippen LogP contribution in [0.2, 0.25) is 0 Å². The molecule has 3 aliphatic heterocycles. The van der Waals surface area contributed by atoms with Crippen molar-refractivity contribution in [3.05, 3.63) is 29.3 Å². The molecule has 1 aromatic carbocycles. The molecular formula is C25H32N4O7. The second-order valence-corrected chi connectivity index (χ2v) is 9.43. The quantitative estimate of drug-likeness (QED) is 0.302. The summed E-state index contributed by atoms with van der Waals surface area (Å²) in [6, 6.07) is 4.06. The first-order chi connectivity index (χ1) is 17.3. The maximum atomic E-state index is 13.1. The van der Waals surface area contributed by atoms with E-state index < -0.39 is 35.6 Å². The molecule has 36 heavy (non-hydrogen) atoms. The van der Waals surface area contributed by atoms with Crippen LogP contribution in [-0.2, 0) is 19.1 Å². The molecule has 11 heteroatoms. The number of ether oxygens (including phenoxy) is 1. The molecule has 0 aliphatic carbocycles. The molecular weight excluding hydrogens is 468 g/mol. The zero-order valence-corrected chi connectivity index (χ0v) is 20.2. The van der Waals surface area contributed by atoms with E-state index >= 15 is 0 Å². The van der Waals surface area contributed by atoms with Crippen molar-refractivity contribution in [1.29, 1.82) is 0 Å². The van der Waals surface area contributed by atoms with Gasteiger partial charge in [0.05, 0.1) is 17.2 Å². The number of unbranched alkanes of at least 4 members (excludes halogenated alkanes) is 2. The number of piperidine rings is 2. The molecule has 2 saturated heterocycles. The minimum Gasteiger partial charge on any atom is -0.480 e. The molecule has 1 aromatic rings. The van der Waals surface area contributed by atoms with Gasteiger partial charge in [0.15, 0.2) is 0 Å². The average Bonchev–Trinajstić information content (AvgIpc) is 3.11. The van der Waals surface area contributed by atoms with Gasteiger partial charge in [0.25, 0.3) is 11.8 Å². The first-order valence-electron chi connectivity index (χ1n) is 12.5. The summed E-state index contributed by atoms with van der Waals surface area (Å²) in [7, 11) is 0. The van der Waals surface area contributed by atoms with Gasteiger partial charge >= 0.3 is 5.97 Å². The number of rotatable bonds is 11. The Balaban J connectivity index is 1.24. The Bertz CT molecular complexity index is 1040. The number of hydrogen-bond donors (Lipinski definition) is 3. The van der Waals surface area contributed by atoms with Crippen LogP contribution in [-0.4, -0.2) is 89.4 Å². The van der Waals surface area contributed by atoms with E-state index in [1.807, 2.05) is 0 Å². The van der Waals surface area contributed by atoms with Crippen molar-refractivity contribution >= 4 is 35.3 Å². The van der Waals surface area contributed by atoms with E-state index in [4.69, 9.17) is 9.84 Å². The van der Waals surface area contributed by atoms with Crippen LogP contribution in [0.25, 0.3) is 0 Å². The van der Waals surface area contributed by atoms with Crippen molar-refractivity contribution in [2.45, 2.75) is 57.1 Å². The van der Waals surface area contributed by atoms with Crippen LogP contribution in [0.15, 0.2) is 18.2 Å². The first-order valence-corrected chi connectivity index (χ1v) is 12.5. The Hall–Kier alpha value is -3.31. The van der Waals surface area contributed by atoms with E-state index in [0.29, 0.717) is 12.2 Å². The zero-order valence-electron chi connectivity index (χ0n) is 20.2. The Kier molecular flexibility index (Phi) is 8.32. The molecule has 3 N–H and O–H groups in total. The molecule has 4 amide bonds. The predicted octanol–water partition coefficient (Wildman–Crippen LogP) is 1.24. The van der Waals surface area contributed by atoms with E-state index in [-0.39, 0.29) is 36.7 Å². The maximum absolute atomic E-state index is 13.1. The number of anilines is 1. The summed E-state index contributed by atoms with van der Waals surface area (Å²) >= 11 is 0. The van der Waals surface area contributed by atoms with Crippen molar-refractivity contribution in [2.75, 3.05) is 38.1 Å². The SMILES string of the molecule is O=C(O)COC1CCCN(CCCCCNc2cccc3c2C(=O)N(C2CCC(=O)NC2=O)C3=O)C1. The summed E-state index contributed by atoms with van der Waals surface area (Å²) < 4.78 is 5.43. The molecule has 0 bridgehead atoms. The van der Waals surface area contributed by atoms with Crippen LogP contribution < -0.4 is 10.6 Å². The van der Waals surface area contributed by atoms with Gasteiger partial charge in [0, 0.05) is 25.2 Å². The molecule has 2 fully saturated rings. The van der Waals surface area contributed by atoms with Crippen LogP contribution >= 0.6 is 0 Å². The van der Waals surface area contributed by atoms with E-state index in [1.54, 1.807) is 18.2 Å². The molecule has 0 saturated carbocycles. The van der Waals surface area contributed by atoms with Crippen molar-refractivity contribution in [1.82, 2.24) is 15.1 Å². The molecule has 11 nitrogen and oxygen atoms in total. The Morgan fingerprint density at radius 1 is 1.11 bits per heavy atom. The first kappa shape index (κ1) is 25.8. The fourth-order valence-corrected chi connectivity index (χ4v) is 5.06. The number of hydrogen-bond acceptors (Lipinski definition) is 8. The smallest absolute Gasteiger partial charge is 0.329 e. The number of imide groups is 2. The molecule has 2 unspecified atom stereocenters. The molecule has 0 aromatic heterocycles. The second kappa shape index (κ2) is 11.6. The topological polar surface area (TPSA) is 145 Å². The fraction of sp³-hybridized carbons (Fsp3) is 0.560. The summed E-state index contributed by atoms with van der Waals surface area (Å²) in [4.78, 5) is 63.7. The van der Waals surface area contributed by atoms with Crippen LogP contribution in [0.1, 0.15) is 65.7 Å². The van der Waals surface area contributed by atoms with E-state index in [2.05, 4.69) is 15.5 Å². The van der Waals surface area contributed by atoms with Crippen molar-refractivity contribution in [3.63, 3.8) is 0 Å². The van der Waals surface area contributed by atoms with Crippen molar-refractivity contribution in [2.24, 2.45) is 0 Å². The summed E-state index contributed by atoms with van der Waals surface area (Å²) in [5.74, 6) is -3.00. The van der Waals surface area contributed by atoms with Gasteiger partial charge in [-0.25, -0.2) is 4.79 Å². The van der Waals surface area contributed by atoms with Gasteiger partial charge in [0.1, 0.15) is 12.6 Å². The normalized spacial score (nSPS) is 22.5. The minimum atomic E-state index is -0.980. The number of fused-ring (bicyclic) bond motifs is 1. The molecule has 194 valence electrons. The van der Waals surface area contributed by atoms with Crippen LogP contribution in [0, 0.1) is 0 Å². The highest BCUT2D eigenvalue weighted by molar-refractivity contribution is 6.25. The highest BCUT2D eigenvalue weighted by atomic mass is 16.5. The third kappa shape index (κ3) is 5.90. The number of carbonyl (C=O) groups is 5. The number of carbonyl (C=O) groups excluding carboxylic acids is 4. The number of aliphatic carboxylic acids is 1. The lowest BCUT2D eigenvalue weighted by Gasteiger charge is -2.32. The van der Waals surface area contributed by atoms with Crippen LogP contribution in [0.4, 0.5) is 5.69 Å². The predicted molar refractivity (Wildman–Crippen MR) is 129 cm³/mol. The Morgan fingerprint density at radius 3 is 2.72 bits per heavy atom. The molecule has 0 spiro atoms. The highest BCUT2D eigenvalue weighted by Crippen LogP contribution is 2.32. The largest absolute Gasteiger partial charge is 0.480 e. The molecule has 3 aliphatic rings. The third-order valence-electron chi connectivity index (χ3n) is 6.84. The van der Waals surface area contributed by atoms with E-state index in [9.17, 15) is 24.0 Å². The molecule has 2 atom stereocenters. The minimum absolute atomic E-state index is 0.0309. The van der Waals surface area contributed by atoms with E-state index in [1.165, 1.54) is 0 Å². The molecule has 3 heterocycles. The van der Waals surface area contributed by atoms with Gasteiger partial charge in [-0.15, -0.1) is 0 Å². The van der Waals surface area contributed by atoms with Crippen LogP contribution in [0.3, 0.4) is 0 Å². The number of nitrogens with zero attached hydrogens (tertiary/aromatic N) is 2. The van der Waals surface area contributed by atoms with Gasteiger partial charge in [-0.3, -0.25) is 29.4 Å². The van der Waals surface area contributed by atoms with Gasteiger partial charge in [-0.05, 0) is 57.3 Å². The van der Waals surface area contributed by atoms with Gasteiger partial charge in [-0.2, -0.15) is 0 Å². The lowest BCUT2D eigenvalue weighted by molar-refractivity contribution is -0.145. The van der Waals surface area contributed by atoms with Gasteiger partial charge in [0.2, 0.25) is 11.8 Å². The fourth-order valence-electron chi connectivity index (χ4n) is 5.06. The lowest BCUT2D eigenvalue weighted by atomic mass is 10.0. The lowest BCUT2D eigenvalue weighted by Crippen LogP contribution is -2.54. The summed E-state index contributed by atoms with van der Waals surface area (Å²) in [5.41, 5.74) is 1.10. The highest BCUT2D eigenvalue weighted by Gasteiger charge is 2.45. The summed E-state index contributed by atoms with van der Waals surface area (Å²) in [6.45, 7) is 3.03. The number of amides is 4. The zero-order chi connectivity index (χ0) is 25.7. The Labute approximate surface area is 209 Å². The number of carboxylic acids is 1. The monoisotopic (exact) mass is 500 g/mol. The molecule has 0 radical (unpaired) electrons. The summed E-state index contributed by atoms with van der Waals surface area (Å²) in [5, 5.41) is 14.3. The number of nitrogens with one attached hydrogen (secondary N) is 2. The number of carboxylic acid groups (broad SMARTS) is 1.